The van der Waals surface area contributed by atoms with E-state index in [1.54, 1.807) is 0 Å². The number of hydrogen-bond acceptors (Lipinski definition) is 1. The van der Waals surface area contributed by atoms with Gasteiger partial charge in [0, 0.05) is 11.5 Å². The van der Waals surface area contributed by atoms with Gasteiger partial charge in [-0.2, -0.15) is 0 Å². The Balaban J connectivity index is 3.50. The molecule has 18 heavy (non-hydrogen) atoms. The van der Waals surface area contributed by atoms with Crippen LogP contribution in [0.15, 0.2) is 6.20 Å². The van der Waals surface area contributed by atoms with Gasteiger partial charge >= 0.3 is 5.82 Å². The van der Waals surface area contributed by atoms with Crippen LogP contribution in [0.5, 0.6) is 0 Å². The highest BCUT2D eigenvalue weighted by Gasteiger charge is 2.26. The van der Waals surface area contributed by atoms with E-state index in [0.717, 1.165) is 0 Å². The van der Waals surface area contributed by atoms with Crippen LogP contribution in [0.3, 0.4) is 0 Å². The molecule has 2 heteroatoms. The van der Waals surface area contributed by atoms with Gasteiger partial charge in [0.2, 0.25) is 0 Å². The molecule has 0 N–H and O–H groups in total. The molecule has 0 saturated carbocycles. The molecule has 1 aromatic heterocycles. The van der Waals surface area contributed by atoms with Crippen LogP contribution in [0.1, 0.15) is 96.3 Å². The standard InChI is InChI=1S/C16H29N2/c1-10(2)14-9-18(13(7)8)16(12(5)6)17-15(14)11(3)4/h9-13H,1-8H3/q+1. The second-order valence-corrected chi connectivity index (χ2v) is 6.40. The van der Waals surface area contributed by atoms with Gasteiger partial charge in [-0.05, 0) is 19.8 Å². The van der Waals surface area contributed by atoms with E-state index < -0.39 is 0 Å². The van der Waals surface area contributed by atoms with Crippen molar-refractivity contribution in [1.82, 2.24) is 4.98 Å². The Labute approximate surface area is 112 Å². The average molecular weight is 249 g/mol. The molecule has 0 spiro atoms. The van der Waals surface area contributed by atoms with Gasteiger partial charge in [0.1, 0.15) is 0 Å². The third kappa shape index (κ3) is 3.09. The Hall–Kier alpha value is -0.920. The second kappa shape index (κ2) is 5.81. The summed E-state index contributed by atoms with van der Waals surface area (Å²) in [5, 5.41) is 0. The summed E-state index contributed by atoms with van der Waals surface area (Å²) in [5.41, 5.74) is 2.66. The van der Waals surface area contributed by atoms with Crippen LogP contribution in [-0.4, -0.2) is 4.98 Å². The Morgan fingerprint density at radius 3 is 1.72 bits per heavy atom. The Morgan fingerprint density at radius 2 is 1.39 bits per heavy atom. The molecule has 102 valence electrons. The molecule has 2 nitrogen and oxygen atoms in total. The highest BCUT2D eigenvalue weighted by molar-refractivity contribution is 5.22. The first-order valence-corrected chi connectivity index (χ1v) is 7.21. The normalized spacial score (nSPS) is 12.2. The minimum atomic E-state index is 0.464. The van der Waals surface area contributed by atoms with Gasteiger partial charge in [-0.15, -0.1) is 0 Å². The number of nitrogens with zero attached hydrogens (tertiary/aromatic N) is 2. The molecule has 1 heterocycles. The fourth-order valence-electron chi connectivity index (χ4n) is 2.28. The molecule has 0 bridgehead atoms. The van der Waals surface area contributed by atoms with Crippen molar-refractivity contribution in [3.63, 3.8) is 0 Å². The van der Waals surface area contributed by atoms with E-state index in [0.29, 0.717) is 23.8 Å². The van der Waals surface area contributed by atoms with Crippen molar-refractivity contribution >= 4 is 0 Å². The molecule has 1 aromatic rings. The Bertz CT molecular complexity index is 330. The molecular weight excluding hydrogens is 220 g/mol. The maximum atomic E-state index is 4.98. The van der Waals surface area contributed by atoms with E-state index in [-0.39, 0.29) is 0 Å². The van der Waals surface area contributed by atoms with E-state index in [1.807, 2.05) is 0 Å². The van der Waals surface area contributed by atoms with Crippen LogP contribution in [0.2, 0.25) is 0 Å². The summed E-state index contributed by atoms with van der Waals surface area (Å²) in [7, 11) is 0. The SMILES string of the molecule is CC(C)c1c[n+](C(C)C)c(C(C)C)nc1C(C)C. The lowest BCUT2D eigenvalue weighted by Gasteiger charge is -2.17. The molecule has 0 aliphatic heterocycles. The van der Waals surface area contributed by atoms with E-state index in [1.165, 1.54) is 17.1 Å². The molecule has 0 unspecified atom stereocenters. The highest BCUT2D eigenvalue weighted by Crippen LogP contribution is 2.25. The van der Waals surface area contributed by atoms with Crippen LogP contribution >= 0.6 is 0 Å². The fraction of sp³-hybridized carbons (Fsp3) is 0.750. The first kappa shape index (κ1) is 15.1. The van der Waals surface area contributed by atoms with Crippen LogP contribution < -0.4 is 4.57 Å². The zero-order chi connectivity index (χ0) is 14.0. The zero-order valence-electron chi connectivity index (χ0n) is 13.3. The molecule has 1 rings (SSSR count). The lowest BCUT2D eigenvalue weighted by molar-refractivity contribution is -0.727. The summed E-state index contributed by atoms with van der Waals surface area (Å²) in [5.74, 6) is 2.69. The molecular formula is C16H29N2+. The summed E-state index contributed by atoms with van der Waals surface area (Å²) in [6.45, 7) is 17.9. The first-order chi connectivity index (χ1) is 8.25. The van der Waals surface area contributed by atoms with Crippen molar-refractivity contribution in [2.24, 2.45) is 0 Å². The van der Waals surface area contributed by atoms with Gasteiger partial charge in [0.25, 0.3) is 0 Å². The maximum Gasteiger partial charge on any atom is 0.301 e. The second-order valence-electron chi connectivity index (χ2n) is 6.40. The summed E-state index contributed by atoms with van der Waals surface area (Å²) in [6.07, 6.45) is 2.33. The van der Waals surface area contributed by atoms with Crippen molar-refractivity contribution in [2.45, 2.75) is 79.2 Å². The smallest absolute Gasteiger partial charge is 0.232 e. The lowest BCUT2D eigenvalue weighted by atomic mass is 9.96. The number of aromatic nitrogens is 2. The van der Waals surface area contributed by atoms with Gasteiger partial charge in [0.05, 0.1) is 18.2 Å². The summed E-state index contributed by atoms with van der Waals surface area (Å²) in [6, 6.07) is 0.466. The van der Waals surface area contributed by atoms with Crippen LogP contribution in [-0.2, 0) is 0 Å². The van der Waals surface area contributed by atoms with Crippen molar-refractivity contribution in [3.05, 3.63) is 23.3 Å². The quantitative estimate of drug-likeness (QED) is 0.726. The van der Waals surface area contributed by atoms with Crippen molar-refractivity contribution in [3.8, 4) is 0 Å². The Kier molecular flexibility index (Phi) is 4.89. The van der Waals surface area contributed by atoms with Crippen LogP contribution in [0.25, 0.3) is 0 Å². The van der Waals surface area contributed by atoms with Crippen LogP contribution in [0, 0.1) is 0 Å². The van der Waals surface area contributed by atoms with E-state index in [2.05, 4.69) is 66.2 Å². The highest BCUT2D eigenvalue weighted by atomic mass is 15.1. The summed E-state index contributed by atoms with van der Waals surface area (Å²) >= 11 is 0. The van der Waals surface area contributed by atoms with Crippen molar-refractivity contribution in [2.75, 3.05) is 0 Å². The summed E-state index contributed by atoms with van der Waals surface area (Å²) < 4.78 is 2.34. The molecule has 0 aliphatic rings. The third-order valence-corrected chi connectivity index (χ3v) is 3.32. The van der Waals surface area contributed by atoms with Gasteiger partial charge in [-0.3, -0.25) is 0 Å². The monoisotopic (exact) mass is 249 g/mol. The first-order valence-electron chi connectivity index (χ1n) is 7.21. The van der Waals surface area contributed by atoms with Crippen LogP contribution in [0.4, 0.5) is 0 Å². The van der Waals surface area contributed by atoms with E-state index in [9.17, 15) is 0 Å². The average Bonchev–Trinajstić information content (AvgIpc) is 2.26. The predicted molar refractivity (Wildman–Crippen MR) is 77.1 cm³/mol. The summed E-state index contributed by atoms with van der Waals surface area (Å²) in [4.78, 5) is 4.98. The van der Waals surface area contributed by atoms with Gasteiger partial charge in [-0.1, -0.05) is 46.5 Å². The molecule has 0 aromatic carbocycles. The van der Waals surface area contributed by atoms with Gasteiger partial charge in [-0.25, -0.2) is 4.57 Å². The third-order valence-electron chi connectivity index (χ3n) is 3.32. The molecule has 0 radical (unpaired) electrons. The Morgan fingerprint density at radius 1 is 0.833 bits per heavy atom. The minimum absolute atomic E-state index is 0.464. The van der Waals surface area contributed by atoms with Gasteiger partial charge in [0.15, 0.2) is 5.69 Å². The maximum absolute atomic E-state index is 4.98. The molecule has 0 atom stereocenters. The molecule has 0 aliphatic carbocycles. The lowest BCUT2D eigenvalue weighted by Crippen LogP contribution is -2.43. The molecule has 0 fully saturated rings. The number of rotatable bonds is 4. The number of hydrogen-bond donors (Lipinski definition) is 0. The minimum Gasteiger partial charge on any atom is -0.232 e. The topological polar surface area (TPSA) is 16.8 Å². The molecule has 0 saturated heterocycles. The van der Waals surface area contributed by atoms with Gasteiger partial charge < -0.3 is 0 Å². The zero-order valence-corrected chi connectivity index (χ0v) is 13.3. The van der Waals surface area contributed by atoms with Crippen molar-refractivity contribution < 1.29 is 4.57 Å². The van der Waals surface area contributed by atoms with E-state index >= 15 is 0 Å². The predicted octanol–water partition coefficient (Wildman–Crippen LogP) is 4.32. The van der Waals surface area contributed by atoms with E-state index in [4.69, 9.17) is 4.98 Å². The largest absolute Gasteiger partial charge is 0.301 e. The fourth-order valence-corrected chi connectivity index (χ4v) is 2.28. The molecule has 0 amide bonds. The van der Waals surface area contributed by atoms with Crippen molar-refractivity contribution in [1.29, 1.82) is 0 Å².